The molecule has 0 saturated carbocycles. The largest absolute Gasteiger partial charge is 0.383 e. The van der Waals surface area contributed by atoms with Crippen LogP contribution in [0.5, 0.6) is 0 Å². The molecule has 0 amide bonds. The van der Waals surface area contributed by atoms with Crippen molar-refractivity contribution in [2.24, 2.45) is 0 Å². The number of aryl methyl sites for hydroxylation is 2. The van der Waals surface area contributed by atoms with Crippen molar-refractivity contribution in [3.63, 3.8) is 0 Å². The Hall–Kier alpha value is -0.630. The standard InChI is InChI=1S/C9H16ClN3O3S/c1-6-9(7(2)12-11-6)17(14,15)13-8(4-10)5-16-3/h8,13H,4-5H2,1-3H3,(H,11,12). The Morgan fingerprint density at radius 1 is 1.53 bits per heavy atom. The minimum atomic E-state index is -3.62. The van der Waals surface area contributed by atoms with Gasteiger partial charge in [0.1, 0.15) is 4.90 Å². The minimum Gasteiger partial charge on any atom is -0.383 e. The van der Waals surface area contributed by atoms with Gasteiger partial charge in [-0.3, -0.25) is 5.10 Å². The summed E-state index contributed by atoms with van der Waals surface area (Å²) in [5.41, 5.74) is 0.932. The monoisotopic (exact) mass is 281 g/mol. The predicted molar refractivity (Wildman–Crippen MR) is 64.8 cm³/mol. The van der Waals surface area contributed by atoms with Gasteiger partial charge in [-0.1, -0.05) is 0 Å². The lowest BCUT2D eigenvalue weighted by atomic mass is 10.4. The lowest BCUT2D eigenvalue weighted by molar-refractivity contribution is 0.181. The molecule has 1 atom stereocenters. The van der Waals surface area contributed by atoms with Gasteiger partial charge in [-0.15, -0.1) is 11.6 Å². The van der Waals surface area contributed by atoms with Gasteiger partial charge in [0.05, 0.1) is 24.0 Å². The number of hydrogen-bond donors (Lipinski definition) is 2. The third-order valence-corrected chi connectivity index (χ3v) is 4.36. The van der Waals surface area contributed by atoms with E-state index in [0.29, 0.717) is 11.4 Å². The number of hydrogen-bond acceptors (Lipinski definition) is 4. The Balaban J connectivity index is 2.96. The number of rotatable bonds is 6. The summed E-state index contributed by atoms with van der Waals surface area (Å²) in [7, 11) is -2.13. The van der Waals surface area contributed by atoms with E-state index in [9.17, 15) is 8.42 Å². The maximum absolute atomic E-state index is 12.1. The van der Waals surface area contributed by atoms with E-state index in [2.05, 4.69) is 14.9 Å². The number of nitrogens with zero attached hydrogens (tertiary/aromatic N) is 1. The molecule has 17 heavy (non-hydrogen) atoms. The van der Waals surface area contributed by atoms with E-state index in [1.54, 1.807) is 13.8 Å². The van der Waals surface area contributed by atoms with Crippen LogP contribution in [0, 0.1) is 13.8 Å². The third-order valence-electron chi connectivity index (χ3n) is 2.21. The molecule has 0 fully saturated rings. The first-order chi connectivity index (χ1) is 7.92. The fourth-order valence-electron chi connectivity index (χ4n) is 1.53. The minimum absolute atomic E-state index is 0.142. The summed E-state index contributed by atoms with van der Waals surface area (Å²) in [6.07, 6.45) is 0. The number of methoxy groups -OCH3 is 1. The highest BCUT2D eigenvalue weighted by atomic mass is 35.5. The molecule has 0 aliphatic rings. The van der Waals surface area contributed by atoms with Crippen LogP contribution in [0.1, 0.15) is 11.4 Å². The van der Waals surface area contributed by atoms with Crippen LogP contribution in [-0.2, 0) is 14.8 Å². The number of halogens is 1. The normalized spacial score (nSPS) is 13.9. The number of alkyl halides is 1. The van der Waals surface area contributed by atoms with Gasteiger partial charge < -0.3 is 4.74 Å². The molecule has 0 aliphatic heterocycles. The molecule has 0 aliphatic carbocycles. The van der Waals surface area contributed by atoms with Gasteiger partial charge in [0.25, 0.3) is 0 Å². The zero-order valence-corrected chi connectivity index (χ0v) is 11.5. The Kier molecular flexibility index (Phi) is 4.93. The van der Waals surface area contributed by atoms with E-state index < -0.39 is 16.1 Å². The quantitative estimate of drug-likeness (QED) is 0.746. The van der Waals surface area contributed by atoms with Crippen LogP contribution in [0.15, 0.2) is 4.90 Å². The maximum atomic E-state index is 12.1. The molecular formula is C9H16ClN3O3S. The van der Waals surface area contributed by atoms with Crippen LogP contribution in [0.4, 0.5) is 0 Å². The van der Waals surface area contributed by atoms with Gasteiger partial charge in [-0.2, -0.15) is 5.10 Å². The number of nitrogens with one attached hydrogen (secondary N) is 2. The van der Waals surface area contributed by atoms with Crippen LogP contribution in [-0.4, -0.2) is 44.3 Å². The summed E-state index contributed by atoms with van der Waals surface area (Å²) in [6.45, 7) is 3.50. The SMILES string of the molecule is COCC(CCl)NS(=O)(=O)c1c(C)n[nH]c1C. The smallest absolute Gasteiger partial charge is 0.244 e. The van der Waals surface area contributed by atoms with Crippen molar-refractivity contribution in [1.29, 1.82) is 0 Å². The van der Waals surface area contributed by atoms with E-state index >= 15 is 0 Å². The van der Waals surface area contributed by atoms with Crippen molar-refractivity contribution in [2.45, 2.75) is 24.8 Å². The van der Waals surface area contributed by atoms with Crippen molar-refractivity contribution in [1.82, 2.24) is 14.9 Å². The van der Waals surface area contributed by atoms with Gasteiger partial charge >= 0.3 is 0 Å². The first kappa shape index (κ1) is 14.4. The third kappa shape index (κ3) is 3.41. The second-order valence-electron chi connectivity index (χ2n) is 3.69. The second-order valence-corrected chi connectivity index (χ2v) is 5.65. The number of H-pyrrole nitrogens is 1. The summed E-state index contributed by atoms with van der Waals surface area (Å²) >= 11 is 5.66. The molecular weight excluding hydrogens is 266 g/mol. The highest BCUT2D eigenvalue weighted by Crippen LogP contribution is 2.16. The number of aromatic amines is 1. The summed E-state index contributed by atoms with van der Waals surface area (Å²) in [5.74, 6) is 0.142. The van der Waals surface area contributed by atoms with Crippen molar-refractivity contribution in [3.8, 4) is 0 Å². The first-order valence-electron chi connectivity index (χ1n) is 5.01. The van der Waals surface area contributed by atoms with Gasteiger partial charge in [-0.25, -0.2) is 13.1 Å². The molecule has 8 heteroatoms. The van der Waals surface area contributed by atoms with Crippen LogP contribution < -0.4 is 4.72 Å². The zero-order valence-electron chi connectivity index (χ0n) is 9.95. The maximum Gasteiger partial charge on any atom is 0.244 e. The zero-order chi connectivity index (χ0) is 13.1. The molecule has 0 radical (unpaired) electrons. The highest BCUT2D eigenvalue weighted by molar-refractivity contribution is 7.89. The molecule has 1 aromatic heterocycles. The number of aromatic nitrogens is 2. The highest BCUT2D eigenvalue weighted by Gasteiger charge is 2.25. The lowest BCUT2D eigenvalue weighted by Crippen LogP contribution is -2.39. The molecule has 0 aromatic carbocycles. The Bertz CT molecular complexity index is 452. The molecule has 0 bridgehead atoms. The fourth-order valence-corrected chi connectivity index (χ4v) is 3.38. The van der Waals surface area contributed by atoms with Crippen molar-refractivity contribution < 1.29 is 13.2 Å². The topological polar surface area (TPSA) is 84.1 Å². The molecule has 0 spiro atoms. The van der Waals surface area contributed by atoms with E-state index in [4.69, 9.17) is 16.3 Å². The number of ether oxygens (including phenoxy) is 1. The predicted octanol–water partition coefficient (Wildman–Crippen LogP) is 0.559. The summed E-state index contributed by atoms with van der Waals surface area (Å²) < 4.78 is 31.6. The Morgan fingerprint density at radius 2 is 2.18 bits per heavy atom. The molecule has 2 N–H and O–H groups in total. The van der Waals surface area contributed by atoms with Crippen molar-refractivity contribution in [3.05, 3.63) is 11.4 Å². The first-order valence-corrected chi connectivity index (χ1v) is 7.03. The van der Waals surface area contributed by atoms with E-state index in [1.165, 1.54) is 7.11 Å². The average molecular weight is 282 g/mol. The number of sulfonamides is 1. The van der Waals surface area contributed by atoms with Crippen LogP contribution in [0.2, 0.25) is 0 Å². The molecule has 1 heterocycles. The summed E-state index contributed by atoms with van der Waals surface area (Å²) in [4.78, 5) is 0.170. The summed E-state index contributed by atoms with van der Waals surface area (Å²) in [5, 5.41) is 6.49. The lowest BCUT2D eigenvalue weighted by Gasteiger charge is -2.15. The van der Waals surface area contributed by atoms with Crippen LogP contribution in [0.3, 0.4) is 0 Å². The van der Waals surface area contributed by atoms with Crippen molar-refractivity contribution >= 4 is 21.6 Å². The molecule has 98 valence electrons. The van der Waals surface area contributed by atoms with E-state index in [-0.39, 0.29) is 17.4 Å². The second kappa shape index (κ2) is 5.81. The molecule has 0 saturated heterocycles. The molecule has 1 aromatic rings. The van der Waals surface area contributed by atoms with Gasteiger partial charge in [0.2, 0.25) is 10.0 Å². The van der Waals surface area contributed by atoms with Crippen LogP contribution >= 0.6 is 11.6 Å². The Morgan fingerprint density at radius 3 is 2.59 bits per heavy atom. The van der Waals surface area contributed by atoms with Gasteiger partial charge in [0.15, 0.2) is 0 Å². The average Bonchev–Trinajstić information content (AvgIpc) is 2.58. The van der Waals surface area contributed by atoms with Gasteiger partial charge in [-0.05, 0) is 13.8 Å². The fraction of sp³-hybridized carbons (Fsp3) is 0.667. The molecule has 1 unspecified atom stereocenters. The van der Waals surface area contributed by atoms with Crippen LogP contribution in [0.25, 0.3) is 0 Å². The van der Waals surface area contributed by atoms with E-state index in [1.807, 2.05) is 0 Å². The molecule has 1 rings (SSSR count). The summed E-state index contributed by atoms with van der Waals surface area (Å²) in [6, 6.07) is -0.458. The molecule has 6 nitrogen and oxygen atoms in total. The van der Waals surface area contributed by atoms with Crippen molar-refractivity contribution in [2.75, 3.05) is 19.6 Å². The van der Waals surface area contributed by atoms with E-state index in [0.717, 1.165) is 0 Å². The Labute approximate surface area is 106 Å². The van der Waals surface area contributed by atoms with Gasteiger partial charge in [0, 0.05) is 13.0 Å².